The minimum absolute atomic E-state index is 0.230. The van der Waals surface area contributed by atoms with Gasteiger partial charge < -0.3 is 19.2 Å². The molecule has 0 spiro atoms. The fourth-order valence-corrected chi connectivity index (χ4v) is 2.01. The molecule has 1 atom stereocenters. The zero-order valence-corrected chi connectivity index (χ0v) is 10.1. The van der Waals surface area contributed by atoms with Crippen molar-refractivity contribution in [3.05, 3.63) is 23.7 Å². The number of ether oxygens (including phenoxy) is 1. The topological polar surface area (TPSA) is 80.0 Å². The van der Waals surface area contributed by atoms with Crippen LogP contribution in [0.4, 0.5) is 0 Å². The fourth-order valence-electron chi connectivity index (χ4n) is 2.01. The molecule has 2 heterocycles. The monoisotopic (exact) mass is 253 g/mol. The molecule has 0 aromatic carbocycles. The Hall–Kier alpha value is -1.82. The lowest BCUT2D eigenvalue weighted by Crippen LogP contribution is -2.29. The van der Waals surface area contributed by atoms with E-state index >= 15 is 0 Å². The Kier molecular flexibility index (Phi) is 3.66. The van der Waals surface area contributed by atoms with Crippen LogP contribution in [0.1, 0.15) is 22.7 Å². The van der Waals surface area contributed by atoms with Crippen molar-refractivity contribution < 1.29 is 23.8 Å². The quantitative estimate of drug-likeness (QED) is 0.864. The Morgan fingerprint density at radius 1 is 1.56 bits per heavy atom. The minimum atomic E-state index is -0.857. The van der Waals surface area contributed by atoms with Crippen LogP contribution in [0, 0.1) is 5.92 Å². The molecule has 1 aromatic heterocycles. The number of amides is 1. The van der Waals surface area contributed by atoms with Crippen LogP contribution in [0.15, 0.2) is 16.5 Å². The zero-order valence-electron chi connectivity index (χ0n) is 10.1. The Morgan fingerprint density at radius 2 is 2.33 bits per heavy atom. The lowest BCUT2D eigenvalue weighted by Gasteiger charge is -2.13. The molecule has 6 heteroatoms. The largest absolute Gasteiger partial charge is 0.481 e. The Labute approximate surface area is 104 Å². The highest BCUT2D eigenvalue weighted by molar-refractivity contribution is 5.92. The molecule has 98 valence electrons. The molecule has 1 aliphatic heterocycles. The summed E-state index contributed by atoms with van der Waals surface area (Å²) < 4.78 is 10.2. The number of carboxylic acid groups (broad SMARTS) is 1. The van der Waals surface area contributed by atoms with E-state index in [0.29, 0.717) is 25.3 Å². The third-order valence-electron chi connectivity index (χ3n) is 2.98. The first-order chi connectivity index (χ1) is 8.61. The molecule has 0 aliphatic carbocycles. The highest BCUT2D eigenvalue weighted by Crippen LogP contribution is 2.20. The summed E-state index contributed by atoms with van der Waals surface area (Å²) in [6.07, 6.45) is 0.493. The summed E-state index contributed by atoms with van der Waals surface area (Å²) in [5, 5.41) is 8.88. The predicted octanol–water partition coefficient (Wildman–Crippen LogP) is 0.973. The van der Waals surface area contributed by atoms with E-state index in [1.807, 2.05) is 0 Å². The van der Waals surface area contributed by atoms with Crippen molar-refractivity contribution in [1.82, 2.24) is 4.90 Å². The van der Waals surface area contributed by atoms with Gasteiger partial charge in [0.1, 0.15) is 12.4 Å². The summed E-state index contributed by atoms with van der Waals surface area (Å²) in [4.78, 5) is 24.4. The SMILES string of the molecule is COCc1ccc(C(=O)N2CCC(C(=O)O)C2)o1. The molecule has 1 saturated heterocycles. The van der Waals surface area contributed by atoms with Gasteiger partial charge >= 0.3 is 5.97 Å². The molecule has 1 unspecified atom stereocenters. The van der Waals surface area contributed by atoms with Crippen LogP contribution < -0.4 is 0 Å². The van der Waals surface area contributed by atoms with Crippen molar-refractivity contribution in [2.24, 2.45) is 5.92 Å². The van der Waals surface area contributed by atoms with Gasteiger partial charge in [-0.25, -0.2) is 0 Å². The van der Waals surface area contributed by atoms with Gasteiger partial charge in [0.15, 0.2) is 5.76 Å². The van der Waals surface area contributed by atoms with Crippen molar-refractivity contribution in [3.63, 3.8) is 0 Å². The number of carbonyl (C=O) groups is 2. The van der Waals surface area contributed by atoms with Gasteiger partial charge in [0.2, 0.25) is 0 Å². The predicted molar refractivity (Wildman–Crippen MR) is 61.1 cm³/mol. The van der Waals surface area contributed by atoms with E-state index in [9.17, 15) is 9.59 Å². The van der Waals surface area contributed by atoms with Gasteiger partial charge in [-0.2, -0.15) is 0 Å². The number of hydrogen-bond acceptors (Lipinski definition) is 4. The second kappa shape index (κ2) is 5.22. The number of rotatable bonds is 4. The van der Waals surface area contributed by atoms with Gasteiger partial charge in [0.25, 0.3) is 5.91 Å². The normalized spacial score (nSPS) is 19.2. The second-order valence-corrected chi connectivity index (χ2v) is 4.27. The highest BCUT2D eigenvalue weighted by Gasteiger charge is 2.32. The number of nitrogens with zero attached hydrogens (tertiary/aromatic N) is 1. The van der Waals surface area contributed by atoms with Crippen LogP contribution in [-0.4, -0.2) is 42.1 Å². The number of aliphatic carboxylic acids is 1. The molecule has 1 amide bonds. The van der Waals surface area contributed by atoms with E-state index in [1.165, 1.54) is 4.90 Å². The third-order valence-corrected chi connectivity index (χ3v) is 2.98. The number of furan rings is 1. The lowest BCUT2D eigenvalue weighted by atomic mass is 10.1. The van der Waals surface area contributed by atoms with Crippen molar-refractivity contribution in [2.45, 2.75) is 13.0 Å². The molecule has 0 saturated carbocycles. The maximum absolute atomic E-state index is 12.0. The molecule has 1 fully saturated rings. The van der Waals surface area contributed by atoms with Crippen LogP contribution in [0.25, 0.3) is 0 Å². The molecule has 0 radical (unpaired) electrons. The summed E-state index contributed by atoms with van der Waals surface area (Å²) in [7, 11) is 1.54. The van der Waals surface area contributed by atoms with Crippen LogP contribution in [0.3, 0.4) is 0 Å². The Balaban J connectivity index is 2.01. The van der Waals surface area contributed by atoms with Gasteiger partial charge in [0, 0.05) is 20.2 Å². The van der Waals surface area contributed by atoms with E-state index in [2.05, 4.69) is 0 Å². The Bertz CT molecular complexity index is 453. The molecule has 1 N–H and O–H groups in total. The molecule has 1 aliphatic rings. The van der Waals surface area contributed by atoms with Crippen LogP contribution in [-0.2, 0) is 16.1 Å². The van der Waals surface area contributed by atoms with Crippen molar-refractivity contribution in [2.75, 3.05) is 20.2 Å². The summed E-state index contributed by atoms with van der Waals surface area (Å²) in [5.41, 5.74) is 0. The summed E-state index contributed by atoms with van der Waals surface area (Å²) in [6.45, 7) is 1.01. The maximum atomic E-state index is 12.0. The van der Waals surface area contributed by atoms with Crippen molar-refractivity contribution >= 4 is 11.9 Å². The van der Waals surface area contributed by atoms with E-state index in [-0.39, 0.29) is 18.2 Å². The Morgan fingerprint density at radius 3 is 2.94 bits per heavy atom. The molecular weight excluding hydrogens is 238 g/mol. The van der Waals surface area contributed by atoms with E-state index in [0.717, 1.165) is 0 Å². The first kappa shape index (κ1) is 12.6. The molecule has 2 rings (SSSR count). The number of carbonyl (C=O) groups excluding carboxylic acids is 1. The summed E-state index contributed by atoms with van der Waals surface area (Å²) >= 11 is 0. The van der Waals surface area contributed by atoms with Crippen molar-refractivity contribution in [3.8, 4) is 0 Å². The summed E-state index contributed by atoms with van der Waals surface area (Å²) in [6, 6.07) is 3.27. The number of methoxy groups -OCH3 is 1. The van der Waals surface area contributed by atoms with Gasteiger partial charge in [-0.3, -0.25) is 9.59 Å². The third kappa shape index (κ3) is 2.53. The van der Waals surface area contributed by atoms with Gasteiger partial charge in [0.05, 0.1) is 5.92 Å². The smallest absolute Gasteiger partial charge is 0.308 e. The first-order valence-electron chi connectivity index (χ1n) is 5.71. The fraction of sp³-hybridized carbons (Fsp3) is 0.500. The van der Waals surface area contributed by atoms with E-state index in [1.54, 1.807) is 19.2 Å². The van der Waals surface area contributed by atoms with Gasteiger partial charge in [-0.15, -0.1) is 0 Å². The van der Waals surface area contributed by atoms with Crippen LogP contribution >= 0.6 is 0 Å². The standard InChI is InChI=1S/C12H15NO5/c1-17-7-9-2-3-10(18-9)11(14)13-5-4-8(6-13)12(15)16/h2-3,8H,4-7H2,1H3,(H,15,16). The molecule has 1 aromatic rings. The zero-order chi connectivity index (χ0) is 13.1. The average Bonchev–Trinajstić information content (AvgIpc) is 2.97. The van der Waals surface area contributed by atoms with E-state index < -0.39 is 11.9 Å². The summed E-state index contributed by atoms with van der Waals surface area (Å²) in [5.74, 6) is -0.781. The number of carboxylic acids is 1. The molecule has 6 nitrogen and oxygen atoms in total. The number of likely N-dealkylation sites (tertiary alicyclic amines) is 1. The molecule has 0 bridgehead atoms. The second-order valence-electron chi connectivity index (χ2n) is 4.27. The van der Waals surface area contributed by atoms with Gasteiger partial charge in [-0.05, 0) is 18.6 Å². The van der Waals surface area contributed by atoms with Gasteiger partial charge in [-0.1, -0.05) is 0 Å². The number of hydrogen-bond donors (Lipinski definition) is 1. The lowest BCUT2D eigenvalue weighted by molar-refractivity contribution is -0.141. The molecule has 18 heavy (non-hydrogen) atoms. The van der Waals surface area contributed by atoms with Crippen LogP contribution in [0.2, 0.25) is 0 Å². The maximum Gasteiger partial charge on any atom is 0.308 e. The average molecular weight is 253 g/mol. The van der Waals surface area contributed by atoms with E-state index in [4.69, 9.17) is 14.3 Å². The van der Waals surface area contributed by atoms with Crippen molar-refractivity contribution in [1.29, 1.82) is 0 Å². The molecular formula is C12H15NO5. The minimum Gasteiger partial charge on any atom is -0.481 e. The first-order valence-corrected chi connectivity index (χ1v) is 5.71. The van der Waals surface area contributed by atoms with Crippen LogP contribution in [0.5, 0.6) is 0 Å². The highest BCUT2D eigenvalue weighted by atomic mass is 16.5.